The Hall–Kier alpha value is -1.25. The second-order valence-corrected chi connectivity index (χ2v) is 12.9. The monoisotopic (exact) mass is 496 g/mol. The molecule has 3 N–H and O–H groups in total. The van der Waals surface area contributed by atoms with Gasteiger partial charge in [-0.05, 0) is 97.7 Å². The fourth-order valence-corrected chi connectivity index (χ4v) is 9.02. The predicted molar refractivity (Wildman–Crippen MR) is 117 cm³/mol. The van der Waals surface area contributed by atoms with Crippen molar-refractivity contribution in [3.8, 4) is 0 Å². The van der Waals surface area contributed by atoms with Crippen molar-refractivity contribution in [1.29, 1.82) is 0 Å². The molecule has 0 aromatic heterocycles. The van der Waals surface area contributed by atoms with Crippen LogP contribution in [0.25, 0.3) is 0 Å². The molecule has 30 heavy (non-hydrogen) atoms. The van der Waals surface area contributed by atoms with E-state index in [2.05, 4.69) is 20.7 Å². The van der Waals surface area contributed by atoms with Crippen LogP contribution in [-0.2, 0) is 19.6 Å². The largest absolute Gasteiger partial charge is 0.369 e. The lowest BCUT2D eigenvalue weighted by molar-refractivity contribution is -0.158. The van der Waals surface area contributed by atoms with Gasteiger partial charge in [0.2, 0.25) is 15.9 Å². The Bertz CT molecular complexity index is 990. The molecule has 4 fully saturated rings. The van der Waals surface area contributed by atoms with E-state index in [9.17, 15) is 18.0 Å². The van der Waals surface area contributed by atoms with Crippen molar-refractivity contribution in [2.75, 3.05) is 0 Å². The number of nitrogens with two attached hydrogens (primary N) is 1. The highest BCUT2D eigenvalue weighted by Crippen LogP contribution is 2.66. The minimum Gasteiger partial charge on any atom is -0.369 e. The molecular weight excluding hydrogens is 468 g/mol. The van der Waals surface area contributed by atoms with Gasteiger partial charge in [0.25, 0.3) is 0 Å². The first-order chi connectivity index (χ1) is 13.9. The van der Waals surface area contributed by atoms with Crippen LogP contribution < -0.4 is 10.5 Å². The number of nitrogens with one attached hydrogen (secondary N) is 1. The summed E-state index contributed by atoms with van der Waals surface area (Å²) in [7, 11) is -3.88. The standard InChI is InChI=1S/C22H29BrN2O4S/c1-20(2,25-30(28,29)17-6-4-3-5-16(17)23)18(26)12-21-8-14-7-15(9-21)11-22(10-14,13-21)19(24)27/h3-6,14-15,25H,7-13H2,1-2H3,(H2,24,27). The fraction of sp³-hybridized carbons (Fsp3) is 0.636. The molecule has 0 spiro atoms. The highest BCUT2D eigenvalue weighted by molar-refractivity contribution is 9.10. The number of rotatable bonds is 7. The molecule has 1 aromatic rings. The van der Waals surface area contributed by atoms with Crippen molar-refractivity contribution in [2.45, 2.75) is 69.2 Å². The molecule has 8 heteroatoms. The normalized spacial score (nSPS) is 32.9. The molecule has 4 aliphatic rings. The number of Topliss-reactive ketones (excluding diaryl/α,β-unsaturated/α-hetero) is 1. The van der Waals surface area contributed by atoms with Crippen LogP contribution >= 0.6 is 15.9 Å². The smallest absolute Gasteiger partial charge is 0.242 e. The van der Waals surface area contributed by atoms with Crippen molar-refractivity contribution in [3.63, 3.8) is 0 Å². The van der Waals surface area contributed by atoms with Crippen LogP contribution in [0.4, 0.5) is 0 Å². The summed E-state index contributed by atoms with van der Waals surface area (Å²) in [5.41, 5.74) is 3.83. The number of hydrogen-bond donors (Lipinski definition) is 2. The molecule has 0 aliphatic heterocycles. The summed E-state index contributed by atoms with van der Waals surface area (Å²) in [4.78, 5) is 25.8. The number of ketones is 1. The van der Waals surface area contributed by atoms with E-state index in [0.29, 0.717) is 22.7 Å². The average Bonchev–Trinajstić information content (AvgIpc) is 2.59. The van der Waals surface area contributed by atoms with E-state index in [0.717, 1.165) is 32.1 Å². The summed E-state index contributed by atoms with van der Waals surface area (Å²) in [6.07, 6.45) is 5.58. The molecule has 0 radical (unpaired) electrons. The second-order valence-electron chi connectivity index (χ2n) is 10.4. The fourth-order valence-electron chi connectivity index (χ4n) is 6.62. The molecule has 1 amide bonds. The third-order valence-electron chi connectivity index (χ3n) is 7.45. The third kappa shape index (κ3) is 3.75. The summed E-state index contributed by atoms with van der Waals surface area (Å²) in [5, 5.41) is 0. The van der Waals surface area contributed by atoms with E-state index in [1.165, 1.54) is 6.07 Å². The van der Waals surface area contributed by atoms with Gasteiger partial charge in [0.1, 0.15) is 0 Å². The van der Waals surface area contributed by atoms with Gasteiger partial charge in [-0.3, -0.25) is 9.59 Å². The van der Waals surface area contributed by atoms with Crippen molar-refractivity contribution in [2.24, 2.45) is 28.4 Å². The van der Waals surface area contributed by atoms with Gasteiger partial charge in [-0.1, -0.05) is 12.1 Å². The number of hydrogen-bond acceptors (Lipinski definition) is 4. The van der Waals surface area contributed by atoms with Gasteiger partial charge in [0, 0.05) is 10.9 Å². The Kier molecular flexibility index (Phi) is 5.22. The number of carbonyl (C=O) groups excluding carboxylic acids is 2. The van der Waals surface area contributed by atoms with Gasteiger partial charge in [0.15, 0.2) is 5.78 Å². The highest BCUT2D eigenvalue weighted by atomic mass is 79.9. The Morgan fingerprint density at radius 1 is 1.17 bits per heavy atom. The van der Waals surface area contributed by atoms with Crippen molar-refractivity contribution in [3.05, 3.63) is 28.7 Å². The molecule has 4 saturated carbocycles. The van der Waals surface area contributed by atoms with E-state index < -0.39 is 21.0 Å². The average molecular weight is 497 g/mol. The third-order valence-corrected chi connectivity index (χ3v) is 10.1. The molecule has 4 bridgehead atoms. The quantitative estimate of drug-likeness (QED) is 0.601. The van der Waals surface area contributed by atoms with E-state index in [-0.39, 0.29) is 28.4 Å². The zero-order valence-electron chi connectivity index (χ0n) is 17.4. The number of amides is 1. The SMILES string of the molecule is CC(C)(NS(=O)(=O)c1ccccc1Br)C(=O)CC12CC3CC(C1)CC(C(N)=O)(C3)C2. The number of sulfonamides is 1. The first-order valence-electron chi connectivity index (χ1n) is 10.5. The highest BCUT2D eigenvalue weighted by Gasteiger charge is 2.60. The van der Waals surface area contributed by atoms with E-state index in [1.807, 2.05) is 0 Å². The van der Waals surface area contributed by atoms with Gasteiger partial charge in [0.05, 0.1) is 15.8 Å². The molecule has 6 nitrogen and oxygen atoms in total. The second kappa shape index (κ2) is 7.14. The Labute approximate surface area is 186 Å². The predicted octanol–water partition coefficient (Wildman–Crippen LogP) is 3.54. The number of halogens is 1. The Morgan fingerprint density at radius 2 is 1.77 bits per heavy atom. The van der Waals surface area contributed by atoms with Crippen LogP contribution in [0.2, 0.25) is 0 Å². The maximum atomic E-state index is 13.4. The van der Waals surface area contributed by atoms with Gasteiger partial charge in [-0.15, -0.1) is 0 Å². The minimum atomic E-state index is -3.88. The summed E-state index contributed by atoms with van der Waals surface area (Å²) < 4.78 is 28.9. The minimum absolute atomic E-state index is 0.105. The number of primary amides is 1. The van der Waals surface area contributed by atoms with Crippen molar-refractivity contribution >= 4 is 37.6 Å². The van der Waals surface area contributed by atoms with Crippen molar-refractivity contribution in [1.82, 2.24) is 4.72 Å². The van der Waals surface area contributed by atoms with Crippen LogP contribution in [0, 0.1) is 22.7 Å². The van der Waals surface area contributed by atoms with E-state index in [4.69, 9.17) is 5.73 Å². The molecule has 5 rings (SSSR count). The topological polar surface area (TPSA) is 106 Å². The lowest BCUT2D eigenvalue weighted by Gasteiger charge is -2.61. The maximum absolute atomic E-state index is 13.4. The van der Waals surface area contributed by atoms with E-state index in [1.54, 1.807) is 32.0 Å². The lowest BCUT2D eigenvalue weighted by atomic mass is 9.43. The molecule has 2 unspecified atom stereocenters. The molecule has 0 saturated heterocycles. The summed E-state index contributed by atoms with van der Waals surface area (Å²) in [6, 6.07) is 6.54. The van der Waals surface area contributed by atoms with Crippen LogP contribution in [0.1, 0.15) is 58.8 Å². The molecule has 164 valence electrons. The van der Waals surface area contributed by atoms with Crippen LogP contribution in [0.5, 0.6) is 0 Å². The molecule has 2 atom stereocenters. The van der Waals surface area contributed by atoms with E-state index >= 15 is 0 Å². The first kappa shape index (κ1) is 22.0. The Balaban J connectivity index is 1.55. The van der Waals surface area contributed by atoms with Gasteiger partial charge in [-0.2, -0.15) is 4.72 Å². The molecular formula is C22H29BrN2O4S. The maximum Gasteiger partial charge on any atom is 0.242 e. The van der Waals surface area contributed by atoms with Crippen LogP contribution in [0.3, 0.4) is 0 Å². The number of carbonyl (C=O) groups is 2. The van der Waals surface area contributed by atoms with Crippen LogP contribution in [0.15, 0.2) is 33.6 Å². The lowest BCUT2D eigenvalue weighted by Crippen LogP contribution is -2.58. The first-order valence-corrected chi connectivity index (χ1v) is 12.8. The molecule has 4 aliphatic carbocycles. The Morgan fingerprint density at radius 3 is 2.33 bits per heavy atom. The summed E-state index contributed by atoms with van der Waals surface area (Å²) >= 11 is 3.27. The summed E-state index contributed by atoms with van der Waals surface area (Å²) in [6.45, 7) is 3.24. The van der Waals surface area contributed by atoms with Gasteiger partial charge < -0.3 is 5.73 Å². The van der Waals surface area contributed by atoms with Crippen molar-refractivity contribution < 1.29 is 18.0 Å². The summed E-state index contributed by atoms with van der Waals surface area (Å²) in [5.74, 6) is 0.500. The van der Waals surface area contributed by atoms with Gasteiger partial charge in [-0.25, -0.2) is 8.42 Å². The number of benzene rings is 1. The zero-order valence-corrected chi connectivity index (χ0v) is 19.8. The molecule has 1 aromatic carbocycles. The molecule has 0 heterocycles. The zero-order chi connectivity index (χ0) is 21.9. The van der Waals surface area contributed by atoms with Gasteiger partial charge >= 0.3 is 0 Å². The van der Waals surface area contributed by atoms with Crippen LogP contribution in [-0.4, -0.2) is 25.6 Å².